The molecule has 0 N–H and O–H groups in total. The van der Waals surface area contributed by atoms with Gasteiger partial charge in [0.2, 0.25) is 0 Å². The summed E-state index contributed by atoms with van der Waals surface area (Å²) in [5.74, 6) is -0.248. The van der Waals surface area contributed by atoms with Crippen molar-refractivity contribution in [1.29, 1.82) is 0 Å². The second-order valence-corrected chi connectivity index (χ2v) is 3.84. The third-order valence-electron chi connectivity index (χ3n) is 2.82. The lowest BCUT2D eigenvalue weighted by molar-refractivity contribution is -0.109. The van der Waals surface area contributed by atoms with Crippen LogP contribution in [0.15, 0.2) is 30.3 Å². The Morgan fingerprint density at radius 3 is 2.67 bits per heavy atom. The normalized spacial score (nSPS) is 20.9. The molecule has 15 heavy (non-hydrogen) atoms. The summed E-state index contributed by atoms with van der Waals surface area (Å²) in [6.45, 7) is 0. The van der Waals surface area contributed by atoms with Gasteiger partial charge in [-0.25, -0.2) is 4.39 Å². The summed E-state index contributed by atoms with van der Waals surface area (Å²) in [5.41, 5.74) is 2.02. The van der Waals surface area contributed by atoms with E-state index in [1.54, 1.807) is 12.1 Å². The van der Waals surface area contributed by atoms with Gasteiger partial charge in [-0.1, -0.05) is 18.2 Å². The first-order chi connectivity index (χ1) is 7.31. The van der Waals surface area contributed by atoms with Crippen LogP contribution in [0.4, 0.5) is 4.39 Å². The Balaban J connectivity index is 2.32. The van der Waals surface area contributed by atoms with Crippen molar-refractivity contribution in [3.63, 3.8) is 0 Å². The maximum absolute atomic E-state index is 12.7. The fraction of sp³-hybridized carbons (Fsp3) is 0.308. The van der Waals surface area contributed by atoms with Crippen molar-refractivity contribution in [3.05, 3.63) is 41.7 Å². The van der Waals surface area contributed by atoms with E-state index in [2.05, 4.69) is 6.08 Å². The molecule has 0 saturated carbocycles. The summed E-state index contributed by atoms with van der Waals surface area (Å²) in [7, 11) is 0. The molecule has 0 bridgehead atoms. The Kier molecular flexibility index (Phi) is 2.95. The summed E-state index contributed by atoms with van der Waals surface area (Å²) in [5, 5.41) is 0. The summed E-state index contributed by atoms with van der Waals surface area (Å²) < 4.78 is 12.7. The zero-order valence-electron chi connectivity index (χ0n) is 8.45. The second-order valence-electron chi connectivity index (χ2n) is 3.84. The Hall–Kier alpha value is -1.44. The topological polar surface area (TPSA) is 17.1 Å². The quantitative estimate of drug-likeness (QED) is 0.676. The van der Waals surface area contributed by atoms with Gasteiger partial charge in [0.1, 0.15) is 12.1 Å². The van der Waals surface area contributed by atoms with E-state index in [0.717, 1.165) is 36.7 Å². The standard InChI is InChI=1S/C13H13FO/c14-12-7-5-10(6-8-12)13-4-2-1-3-11(13)9-15/h4-9,11H,1-3H2. The Morgan fingerprint density at radius 1 is 1.27 bits per heavy atom. The van der Waals surface area contributed by atoms with Gasteiger partial charge in [-0.15, -0.1) is 0 Å². The highest BCUT2D eigenvalue weighted by molar-refractivity contribution is 5.81. The van der Waals surface area contributed by atoms with E-state index in [-0.39, 0.29) is 11.7 Å². The molecule has 1 unspecified atom stereocenters. The maximum atomic E-state index is 12.7. The second kappa shape index (κ2) is 4.39. The minimum absolute atomic E-state index is 0.00999. The average molecular weight is 204 g/mol. The van der Waals surface area contributed by atoms with Crippen LogP contribution in [0.25, 0.3) is 5.57 Å². The molecular weight excluding hydrogens is 191 g/mol. The van der Waals surface area contributed by atoms with Gasteiger partial charge in [-0.05, 0) is 42.5 Å². The third-order valence-corrected chi connectivity index (χ3v) is 2.82. The van der Waals surface area contributed by atoms with Gasteiger partial charge < -0.3 is 4.79 Å². The van der Waals surface area contributed by atoms with E-state index >= 15 is 0 Å². The number of allylic oxidation sites excluding steroid dienone is 2. The van der Waals surface area contributed by atoms with Crippen molar-refractivity contribution >= 4 is 11.9 Å². The molecule has 1 nitrogen and oxygen atoms in total. The highest BCUT2D eigenvalue weighted by Gasteiger charge is 2.17. The molecule has 1 aliphatic rings. The van der Waals surface area contributed by atoms with Crippen LogP contribution in [0, 0.1) is 11.7 Å². The molecule has 0 radical (unpaired) electrons. The van der Waals surface area contributed by atoms with E-state index in [1.165, 1.54) is 12.1 Å². The summed E-state index contributed by atoms with van der Waals surface area (Å²) in [4.78, 5) is 10.9. The molecule has 1 aromatic carbocycles. The van der Waals surface area contributed by atoms with Gasteiger partial charge in [0.05, 0.1) is 0 Å². The molecule has 0 aliphatic heterocycles. The maximum Gasteiger partial charge on any atom is 0.127 e. The number of carbonyl (C=O) groups is 1. The van der Waals surface area contributed by atoms with Crippen LogP contribution in [0.3, 0.4) is 0 Å². The fourth-order valence-corrected chi connectivity index (χ4v) is 2.02. The van der Waals surface area contributed by atoms with Crippen molar-refractivity contribution < 1.29 is 9.18 Å². The lowest BCUT2D eigenvalue weighted by Crippen LogP contribution is -2.09. The predicted octanol–water partition coefficient (Wildman–Crippen LogP) is 3.21. The predicted molar refractivity (Wildman–Crippen MR) is 57.8 cm³/mol. The van der Waals surface area contributed by atoms with Crippen LogP contribution in [0.1, 0.15) is 24.8 Å². The zero-order chi connectivity index (χ0) is 10.7. The van der Waals surface area contributed by atoms with E-state index in [4.69, 9.17) is 0 Å². The number of benzene rings is 1. The van der Waals surface area contributed by atoms with Crippen LogP contribution < -0.4 is 0 Å². The number of aldehydes is 1. The first-order valence-electron chi connectivity index (χ1n) is 5.22. The molecule has 0 spiro atoms. The average Bonchev–Trinajstić information content (AvgIpc) is 2.30. The summed E-state index contributed by atoms with van der Waals surface area (Å²) in [6, 6.07) is 6.35. The van der Waals surface area contributed by atoms with Crippen molar-refractivity contribution in [2.45, 2.75) is 19.3 Å². The lowest BCUT2D eigenvalue weighted by Gasteiger charge is -2.19. The number of halogens is 1. The molecule has 1 aliphatic carbocycles. The number of rotatable bonds is 2. The van der Waals surface area contributed by atoms with E-state index in [1.807, 2.05) is 0 Å². The molecule has 1 aromatic rings. The Labute approximate surface area is 88.6 Å². The molecule has 0 saturated heterocycles. The monoisotopic (exact) mass is 204 g/mol. The van der Waals surface area contributed by atoms with Gasteiger partial charge in [0, 0.05) is 5.92 Å². The van der Waals surface area contributed by atoms with Crippen molar-refractivity contribution in [2.24, 2.45) is 5.92 Å². The minimum Gasteiger partial charge on any atom is -0.303 e. The highest BCUT2D eigenvalue weighted by atomic mass is 19.1. The van der Waals surface area contributed by atoms with Gasteiger partial charge in [-0.2, -0.15) is 0 Å². The Bertz CT molecular complexity index is 378. The van der Waals surface area contributed by atoms with Gasteiger partial charge in [0.25, 0.3) is 0 Å². The molecule has 0 aromatic heterocycles. The van der Waals surface area contributed by atoms with Crippen LogP contribution in [-0.4, -0.2) is 6.29 Å². The minimum atomic E-state index is -0.238. The molecule has 2 rings (SSSR count). The highest BCUT2D eigenvalue weighted by Crippen LogP contribution is 2.31. The molecule has 1 atom stereocenters. The lowest BCUT2D eigenvalue weighted by atomic mass is 9.85. The smallest absolute Gasteiger partial charge is 0.127 e. The van der Waals surface area contributed by atoms with Crippen molar-refractivity contribution in [2.75, 3.05) is 0 Å². The van der Waals surface area contributed by atoms with Crippen LogP contribution in [0.2, 0.25) is 0 Å². The summed E-state index contributed by atoms with van der Waals surface area (Å²) >= 11 is 0. The summed E-state index contributed by atoms with van der Waals surface area (Å²) in [6.07, 6.45) is 6.07. The van der Waals surface area contributed by atoms with Crippen LogP contribution in [-0.2, 0) is 4.79 Å². The van der Waals surface area contributed by atoms with E-state index in [9.17, 15) is 9.18 Å². The molecular formula is C13H13FO. The molecule has 0 fully saturated rings. The largest absolute Gasteiger partial charge is 0.303 e. The first-order valence-corrected chi connectivity index (χ1v) is 5.22. The van der Waals surface area contributed by atoms with Gasteiger partial charge >= 0.3 is 0 Å². The van der Waals surface area contributed by atoms with Crippen LogP contribution >= 0.6 is 0 Å². The Morgan fingerprint density at radius 2 is 2.00 bits per heavy atom. The number of hydrogen-bond donors (Lipinski definition) is 0. The number of carbonyl (C=O) groups excluding carboxylic acids is 1. The number of hydrogen-bond acceptors (Lipinski definition) is 1. The van der Waals surface area contributed by atoms with Crippen molar-refractivity contribution in [1.82, 2.24) is 0 Å². The molecule has 78 valence electrons. The zero-order valence-corrected chi connectivity index (χ0v) is 8.45. The van der Waals surface area contributed by atoms with Crippen LogP contribution in [0.5, 0.6) is 0 Å². The van der Waals surface area contributed by atoms with E-state index < -0.39 is 0 Å². The molecule has 0 amide bonds. The molecule has 0 heterocycles. The molecule has 2 heteroatoms. The van der Waals surface area contributed by atoms with Gasteiger partial charge in [-0.3, -0.25) is 0 Å². The third kappa shape index (κ3) is 2.14. The first kappa shape index (κ1) is 10.1. The van der Waals surface area contributed by atoms with E-state index in [0.29, 0.717) is 0 Å². The SMILES string of the molecule is O=CC1CCCC=C1c1ccc(F)cc1. The van der Waals surface area contributed by atoms with Crippen molar-refractivity contribution in [3.8, 4) is 0 Å². The fourth-order valence-electron chi connectivity index (χ4n) is 2.02. The van der Waals surface area contributed by atoms with Gasteiger partial charge in [0.15, 0.2) is 0 Å².